The van der Waals surface area contributed by atoms with Crippen LogP contribution in [-0.4, -0.2) is 20.9 Å². The Morgan fingerprint density at radius 1 is 1.38 bits per heavy atom. The second-order valence-electron chi connectivity index (χ2n) is 5.98. The van der Waals surface area contributed by atoms with Gasteiger partial charge in [-0.3, -0.25) is 4.79 Å². The Bertz CT molecular complexity index is 632. The molecular weight excluding hydrogens is 288 g/mol. The summed E-state index contributed by atoms with van der Waals surface area (Å²) in [6.45, 7) is 7.95. The van der Waals surface area contributed by atoms with E-state index in [-0.39, 0.29) is 17.4 Å². The molecule has 0 bridgehead atoms. The molecule has 0 radical (unpaired) electrons. The number of carbonyl (C=O) groups excluding carboxylic acids is 1. The van der Waals surface area contributed by atoms with Gasteiger partial charge in [-0.1, -0.05) is 32.4 Å². The van der Waals surface area contributed by atoms with Crippen LogP contribution in [0.4, 0.5) is 0 Å². The molecule has 6 heteroatoms. The number of halogens is 1. The summed E-state index contributed by atoms with van der Waals surface area (Å²) in [4.78, 5) is 23.7. The van der Waals surface area contributed by atoms with E-state index in [1.165, 1.54) is 0 Å². The van der Waals surface area contributed by atoms with E-state index in [0.29, 0.717) is 16.5 Å². The number of carbonyl (C=O) groups is 1. The maximum atomic E-state index is 12.3. The highest BCUT2D eigenvalue weighted by molar-refractivity contribution is 6.29. The highest BCUT2D eigenvalue weighted by Gasteiger charge is 2.20. The van der Waals surface area contributed by atoms with Gasteiger partial charge in [-0.15, -0.1) is 0 Å². The van der Waals surface area contributed by atoms with E-state index < -0.39 is 0 Å². The lowest BCUT2D eigenvalue weighted by Crippen LogP contribution is -2.28. The number of amides is 1. The zero-order valence-corrected chi connectivity index (χ0v) is 13.3. The van der Waals surface area contributed by atoms with E-state index in [1.54, 1.807) is 24.5 Å². The molecule has 112 valence electrons. The van der Waals surface area contributed by atoms with Crippen molar-refractivity contribution in [2.75, 3.05) is 0 Å². The van der Waals surface area contributed by atoms with Crippen molar-refractivity contribution in [1.82, 2.24) is 20.3 Å². The molecule has 0 fully saturated rings. The van der Waals surface area contributed by atoms with Crippen LogP contribution in [0.5, 0.6) is 0 Å². The molecule has 0 saturated heterocycles. The van der Waals surface area contributed by atoms with Crippen molar-refractivity contribution in [3.63, 3.8) is 0 Å². The van der Waals surface area contributed by atoms with Crippen LogP contribution < -0.4 is 5.32 Å². The van der Waals surface area contributed by atoms with Gasteiger partial charge in [0.05, 0.1) is 6.04 Å². The number of aromatic nitrogens is 3. The van der Waals surface area contributed by atoms with Gasteiger partial charge in [0.1, 0.15) is 11.0 Å². The fourth-order valence-electron chi connectivity index (χ4n) is 1.87. The number of aromatic amines is 1. The summed E-state index contributed by atoms with van der Waals surface area (Å²) >= 11 is 6.03. The maximum absolute atomic E-state index is 12.3. The minimum Gasteiger partial charge on any atom is -0.347 e. The molecule has 0 aliphatic rings. The van der Waals surface area contributed by atoms with Crippen LogP contribution in [0.1, 0.15) is 55.6 Å². The standard InChI is InChI=1S/C15H19ClN4O/c1-9(13-17-5-6-18-13)19-14(21)10-7-11(15(2,3)4)20-12(16)8-10/h5-9H,1-4H3,(H,17,18)(H,19,21). The van der Waals surface area contributed by atoms with E-state index in [2.05, 4.69) is 20.3 Å². The Kier molecular flexibility index (Phi) is 4.32. The largest absolute Gasteiger partial charge is 0.347 e. The number of hydrogen-bond acceptors (Lipinski definition) is 3. The Morgan fingerprint density at radius 3 is 2.67 bits per heavy atom. The summed E-state index contributed by atoms with van der Waals surface area (Å²) < 4.78 is 0. The lowest BCUT2D eigenvalue weighted by Gasteiger charge is -2.19. The van der Waals surface area contributed by atoms with Crippen LogP contribution in [0.25, 0.3) is 0 Å². The van der Waals surface area contributed by atoms with Crippen molar-refractivity contribution in [2.45, 2.75) is 39.2 Å². The third-order valence-corrected chi connectivity index (χ3v) is 3.30. The number of H-pyrrole nitrogens is 1. The average molecular weight is 307 g/mol. The van der Waals surface area contributed by atoms with Crippen molar-refractivity contribution in [3.05, 3.63) is 46.8 Å². The number of hydrogen-bond donors (Lipinski definition) is 2. The molecule has 2 heterocycles. The zero-order valence-electron chi connectivity index (χ0n) is 12.6. The SMILES string of the molecule is CC(NC(=O)c1cc(Cl)nc(C(C)(C)C)c1)c1ncc[nH]1. The monoisotopic (exact) mass is 306 g/mol. The van der Waals surface area contributed by atoms with E-state index in [9.17, 15) is 4.79 Å². The number of rotatable bonds is 3. The first-order valence-electron chi connectivity index (χ1n) is 6.75. The van der Waals surface area contributed by atoms with Gasteiger partial charge in [-0.05, 0) is 19.1 Å². The molecule has 1 atom stereocenters. The summed E-state index contributed by atoms with van der Waals surface area (Å²) in [6.07, 6.45) is 3.37. The second-order valence-corrected chi connectivity index (χ2v) is 6.37. The van der Waals surface area contributed by atoms with Crippen molar-refractivity contribution < 1.29 is 4.79 Å². The van der Waals surface area contributed by atoms with Gasteiger partial charge >= 0.3 is 0 Å². The van der Waals surface area contributed by atoms with Gasteiger partial charge in [0.15, 0.2) is 0 Å². The molecule has 0 aromatic carbocycles. The molecule has 5 nitrogen and oxygen atoms in total. The summed E-state index contributed by atoms with van der Waals surface area (Å²) in [6, 6.07) is 3.13. The number of nitrogens with zero attached hydrogens (tertiary/aromatic N) is 2. The smallest absolute Gasteiger partial charge is 0.252 e. The molecule has 1 amide bonds. The fourth-order valence-corrected chi connectivity index (χ4v) is 2.08. The first-order valence-corrected chi connectivity index (χ1v) is 7.13. The van der Waals surface area contributed by atoms with Crippen molar-refractivity contribution in [1.29, 1.82) is 0 Å². The molecule has 2 aromatic heterocycles. The Hall–Kier alpha value is -1.88. The van der Waals surface area contributed by atoms with Gasteiger partial charge in [-0.2, -0.15) is 0 Å². The van der Waals surface area contributed by atoms with Gasteiger partial charge in [0, 0.05) is 29.1 Å². The molecule has 0 spiro atoms. The van der Waals surface area contributed by atoms with Gasteiger partial charge in [0.2, 0.25) is 0 Å². The van der Waals surface area contributed by atoms with Crippen LogP contribution in [-0.2, 0) is 5.41 Å². The number of nitrogens with one attached hydrogen (secondary N) is 2. The van der Waals surface area contributed by atoms with Gasteiger partial charge in [0.25, 0.3) is 5.91 Å². The lowest BCUT2D eigenvalue weighted by molar-refractivity contribution is 0.0938. The minimum absolute atomic E-state index is 0.174. The highest BCUT2D eigenvalue weighted by Crippen LogP contribution is 2.23. The predicted octanol–water partition coefficient (Wildman–Crippen LogP) is 3.25. The second kappa shape index (κ2) is 5.85. The Balaban J connectivity index is 2.21. The fraction of sp³-hybridized carbons (Fsp3) is 0.400. The first-order chi connectivity index (χ1) is 9.77. The number of pyridine rings is 1. The average Bonchev–Trinajstić information content (AvgIpc) is 2.90. The molecule has 2 aromatic rings. The first kappa shape index (κ1) is 15.5. The van der Waals surface area contributed by atoms with Crippen LogP contribution in [0.15, 0.2) is 24.5 Å². The Labute approximate surface area is 129 Å². The molecule has 1 unspecified atom stereocenters. The quantitative estimate of drug-likeness (QED) is 0.855. The maximum Gasteiger partial charge on any atom is 0.252 e. The normalized spacial score (nSPS) is 13.0. The molecule has 2 rings (SSSR count). The predicted molar refractivity (Wildman–Crippen MR) is 82.4 cm³/mol. The van der Waals surface area contributed by atoms with Crippen molar-refractivity contribution in [2.24, 2.45) is 0 Å². The summed E-state index contributed by atoms with van der Waals surface area (Å²) in [5.41, 5.74) is 1.11. The third kappa shape index (κ3) is 3.82. The van der Waals surface area contributed by atoms with Gasteiger partial charge in [-0.25, -0.2) is 9.97 Å². The van der Waals surface area contributed by atoms with E-state index in [0.717, 1.165) is 5.69 Å². The summed E-state index contributed by atoms with van der Waals surface area (Å²) in [7, 11) is 0. The van der Waals surface area contributed by atoms with Crippen molar-refractivity contribution >= 4 is 17.5 Å². The van der Waals surface area contributed by atoms with Crippen LogP contribution in [0.2, 0.25) is 5.15 Å². The molecule has 21 heavy (non-hydrogen) atoms. The summed E-state index contributed by atoms with van der Waals surface area (Å²) in [5.74, 6) is 0.508. The highest BCUT2D eigenvalue weighted by atomic mass is 35.5. The topological polar surface area (TPSA) is 70.7 Å². The molecule has 0 aliphatic carbocycles. The zero-order chi connectivity index (χ0) is 15.6. The molecule has 2 N–H and O–H groups in total. The lowest BCUT2D eigenvalue weighted by atomic mass is 9.91. The third-order valence-electron chi connectivity index (χ3n) is 3.10. The van der Waals surface area contributed by atoms with E-state index in [4.69, 9.17) is 11.6 Å². The van der Waals surface area contributed by atoms with E-state index >= 15 is 0 Å². The van der Waals surface area contributed by atoms with Crippen LogP contribution >= 0.6 is 11.6 Å². The molecule has 0 aliphatic heterocycles. The minimum atomic E-state index is -0.211. The number of imidazole rings is 1. The van der Waals surface area contributed by atoms with Crippen molar-refractivity contribution in [3.8, 4) is 0 Å². The molecular formula is C15H19ClN4O. The molecule has 0 saturated carbocycles. The van der Waals surface area contributed by atoms with Gasteiger partial charge < -0.3 is 10.3 Å². The van der Waals surface area contributed by atoms with E-state index in [1.807, 2.05) is 27.7 Å². The van der Waals surface area contributed by atoms with Crippen LogP contribution in [0.3, 0.4) is 0 Å². The van der Waals surface area contributed by atoms with Crippen LogP contribution in [0, 0.1) is 0 Å². The Morgan fingerprint density at radius 2 is 2.10 bits per heavy atom. The summed E-state index contributed by atoms with van der Waals surface area (Å²) in [5, 5.41) is 3.20.